The number of anilines is 1. The Kier molecular flexibility index (Phi) is 6.80. The number of rotatable bonds is 6. The third-order valence-electron chi connectivity index (χ3n) is 7.26. The number of thiazole rings is 1. The molecule has 0 saturated carbocycles. The Balaban J connectivity index is 1.30. The third-order valence-corrected chi connectivity index (χ3v) is 8.15. The number of para-hydroxylation sites is 1. The lowest BCUT2D eigenvalue weighted by atomic mass is 10.1. The molecule has 190 valence electrons. The Morgan fingerprint density at radius 2 is 1.47 bits per heavy atom. The molecule has 5 aromatic rings. The monoisotopic (exact) mass is 518 g/mol. The van der Waals surface area contributed by atoms with E-state index in [9.17, 15) is 4.79 Å². The predicted molar refractivity (Wildman–Crippen MR) is 156 cm³/mol. The van der Waals surface area contributed by atoms with Gasteiger partial charge < -0.3 is 14.4 Å². The number of hydrogen-bond donors (Lipinski definition) is 0. The van der Waals surface area contributed by atoms with Crippen molar-refractivity contribution in [3.8, 4) is 22.0 Å². The lowest BCUT2D eigenvalue weighted by Crippen LogP contribution is -2.48. The van der Waals surface area contributed by atoms with E-state index in [0.29, 0.717) is 19.6 Å². The summed E-state index contributed by atoms with van der Waals surface area (Å²) in [6.45, 7) is 5.83. The Hall–Kier alpha value is -4.16. The zero-order chi connectivity index (χ0) is 25.9. The first-order valence-corrected chi connectivity index (χ1v) is 13.9. The van der Waals surface area contributed by atoms with E-state index in [1.165, 1.54) is 11.3 Å². The number of amides is 1. The Morgan fingerprint density at radius 3 is 2.16 bits per heavy atom. The van der Waals surface area contributed by atoms with Crippen LogP contribution in [0.15, 0.2) is 102 Å². The van der Waals surface area contributed by atoms with Crippen LogP contribution in [-0.2, 0) is 6.54 Å². The fourth-order valence-electron chi connectivity index (χ4n) is 5.13. The van der Waals surface area contributed by atoms with E-state index < -0.39 is 0 Å². The molecule has 38 heavy (non-hydrogen) atoms. The van der Waals surface area contributed by atoms with Gasteiger partial charge in [-0.2, -0.15) is 0 Å². The number of hydrogen-bond acceptors (Lipinski definition) is 4. The fraction of sp³-hybridized carbons (Fsp3) is 0.188. The maximum atomic E-state index is 13.8. The largest absolute Gasteiger partial charge is 0.368 e. The molecule has 0 N–H and O–H groups in total. The van der Waals surface area contributed by atoms with Crippen LogP contribution < -0.4 is 4.90 Å². The van der Waals surface area contributed by atoms with Crippen molar-refractivity contribution in [3.63, 3.8) is 0 Å². The molecule has 6 heteroatoms. The van der Waals surface area contributed by atoms with Crippen molar-refractivity contribution < 1.29 is 4.79 Å². The number of carbonyl (C=O) groups excluding carboxylic acids is 1. The highest BCUT2D eigenvalue weighted by Gasteiger charge is 2.27. The van der Waals surface area contributed by atoms with Gasteiger partial charge in [0.1, 0.15) is 5.01 Å². The number of aromatic nitrogens is 2. The lowest BCUT2D eigenvalue weighted by Gasteiger charge is -2.36. The van der Waals surface area contributed by atoms with Crippen molar-refractivity contribution in [1.82, 2.24) is 14.5 Å². The van der Waals surface area contributed by atoms with Crippen LogP contribution in [0.4, 0.5) is 5.69 Å². The van der Waals surface area contributed by atoms with E-state index in [1.807, 2.05) is 41.3 Å². The van der Waals surface area contributed by atoms with Crippen LogP contribution in [0.3, 0.4) is 0 Å². The van der Waals surface area contributed by atoms with Gasteiger partial charge >= 0.3 is 0 Å². The lowest BCUT2D eigenvalue weighted by molar-refractivity contribution is 0.0746. The zero-order valence-electron chi connectivity index (χ0n) is 21.5. The summed E-state index contributed by atoms with van der Waals surface area (Å²) < 4.78 is 2.24. The summed E-state index contributed by atoms with van der Waals surface area (Å²) in [6.07, 6.45) is 0. The minimum atomic E-state index is 0.0989. The summed E-state index contributed by atoms with van der Waals surface area (Å²) >= 11 is 1.64. The van der Waals surface area contributed by atoms with Crippen molar-refractivity contribution in [2.75, 3.05) is 31.1 Å². The SMILES string of the molecule is Cc1c(C(=O)N2CCN(c3ccccc3)CC2)cc(-c2csc(-c3ccccc3)n2)n1Cc1ccccc1. The predicted octanol–water partition coefficient (Wildman–Crippen LogP) is 6.60. The van der Waals surface area contributed by atoms with Crippen LogP contribution in [0.5, 0.6) is 0 Å². The third kappa shape index (κ3) is 4.87. The average molecular weight is 519 g/mol. The summed E-state index contributed by atoms with van der Waals surface area (Å²) in [6, 6.07) is 33.1. The van der Waals surface area contributed by atoms with Gasteiger partial charge in [-0.15, -0.1) is 11.3 Å². The zero-order valence-corrected chi connectivity index (χ0v) is 22.3. The van der Waals surface area contributed by atoms with Gasteiger partial charge in [-0.3, -0.25) is 4.79 Å². The number of carbonyl (C=O) groups is 1. The Labute approximate surface area is 227 Å². The quantitative estimate of drug-likeness (QED) is 0.254. The summed E-state index contributed by atoms with van der Waals surface area (Å²) in [5.74, 6) is 0.0989. The van der Waals surface area contributed by atoms with Gasteiger partial charge in [0, 0.05) is 55.0 Å². The van der Waals surface area contributed by atoms with Gasteiger partial charge in [0.15, 0.2) is 0 Å². The summed E-state index contributed by atoms with van der Waals surface area (Å²) in [5.41, 5.74) is 7.14. The Bertz CT molecular complexity index is 1520. The van der Waals surface area contributed by atoms with Crippen LogP contribution in [-0.4, -0.2) is 46.5 Å². The van der Waals surface area contributed by atoms with Gasteiger partial charge in [-0.1, -0.05) is 78.9 Å². The molecule has 6 rings (SSSR count). The molecule has 0 aliphatic carbocycles. The molecular weight excluding hydrogens is 488 g/mol. The molecule has 1 aliphatic rings. The highest BCUT2D eigenvalue weighted by Crippen LogP contribution is 2.32. The molecule has 0 spiro atoms. The van der Waals surface area contributed by atoms with Gasteiger partial charge in [0.05, 0.1) is 17.0 Å². The summed E-state index contributed by atoms with van der Waals surface area (Å²) in [4.78, 5) is 23.2. The molecule has 2 aromatic heterocycles. The van der Waals surface area contributed by atoms with E-state index in [1.54, 1.807) is 11.3 Å². The van der Waals surface area contributed by atoms with Crippen molar-refractivity contribution in [3.05, 3.63) is 119 Å². The molecule has 1 fully saturated rings. The molecule has 1 saturated heterocycles. The van der Waals surface area contributed by atoms with E-state index in [2.05, 4.69) is 82.4 Å². The van der Waals surface area contributed by atoms with Gasteiger partial charge in [0.25, 0.3) is 5.91 Å². The molecule has 0 bridgehead atoms. The van der Waals surface area contributed by atoms with Crippen molar-refractivity contribution >= 4 is 22.9 Å². The molecular formula is C32H30N4OS. The fourth-order valence-corrected chi connectivity index (χ4v) is 5.95. The van der Waals surface area contributed by atoms with Crippen molar-refractivity contribution in [2.24, 2.45) is 0 Å². The maximum absolute atomic E-state index is 13.8. The topological polar surface area (TPSA) is 41.4 Å². The molecule has 5 nitrogen and oxygen atoms in total. The highest BCUT2D eigenvalue weighted by atomic mass is 32.1. The van der Waals surface area contributed by atoms with E-state index in [-0.39, 0.29) is 5.91 Å². The number of piperazine rings is 1. The van der Waals surface area contributed by atoms with Gasteiger partial charge in [-0.05, 0) is 30.7 Å². The van der Waals surface area contributed by atoms with Gasteiger partial charge in [0.2, 0.25) is 0 Å². The first-order chi connectivity index (χ1) is 18.7. The van der Waals surface area contributed by atoms with E-state index in [0.717, 1.165) is 46.3 Å². The smallest absolute Gasteiger partial charge is 0.255 e. The minimum Gasteiger partial charge on any atom is -0.368 e. The molecule has 0 radical (unpaired) electrons. The van der Waals surface area contributed by atoms with Gasteiger partial charge in [-0.25, -0.2) is 4.98 Å². The highest BCUT2D eigenvalue weighted by molar-refractivity contribution is 7.13. The van der Waals surface area contributed by atoms with Crippen LogP contribution in [0.25, 0.3) is 22.0 Å². The number of benzene rings is 3. The normalized spacial score (nSPS) is 13.6. The van der Waals surface area contributed by atoms with E-state index in [4.69, 9.17) is 4.98 Å². The molecule has 0 unspecified atom stereocenters. The molecule has 1 amide bonds. The molecule has 0 atom stereocenters. The first-order valence-electron chi connectivity index (χ1n) is 13.0. The standard InChI is InChI=1S/C32H30N4OS/c1-24-28(32(37)35-19-17-34(18-20-35)27-15-9-4-10-16-27)21-30(36(24)22-25-11-5-2-6-12-25)29-23-38-31(33-29)26-13-7-3-8-14-26/h2-16,21,23H,17-20,22H2,1H3. The van der Waals surface area contributed by atoms with Crippen LogP contribution in [0.1, 0.15) is 21.6 Å². The minimum absolute atomic E-state index is 0.0989. The second-order valence-electron chi connectivity index (χ2n) is 9.62. The van der Waals surface area contributed by atoms with Crippen LogP contribution in [0, 0.1) is 6.92 Å². The second-order valence-corrected chi connectivity index (χ2v) is 10.5. The summed E-state index contributed by atoms with van der Waals surface area (Å²) in [5, 5.41) is 3.08. The number of nitrogens with zero attached hydrogens (tertiary/aromatic N) is 4. The Morgan fingerprint density at radius 1 is 0.842 bits per heavy atom. The molecule has 3 aromatic carbocycles. The molecule has 1 aliphatic heterocycles. The average Bonchev–Trinajstić information content (AvgIpc) is 3.60. The van der Waals surface area contributed by atoms with E-state index >= 15 is 0 Å². The van der Waals surface area contributed by atoms with Crippen LogP contribution in [0.2, 0.25) is 0 Å². The second kappa shape index (κ2) is 10.7. The first kappa shape index (κ1) is 24.2. The van der Waals surface area contributed by atoms with Crippen molar-refractivity contribution in [1.29, 1.82) is 0 Å². The molecule has 3 heterocycles. The van der Waals surface area contributed by atoms with Crippen molar-refractivity contribution in [2.45, 2.75) is 13.5 Å². The van der Waals surface area contributed by atoms with Crippen LogP contribution >= 0.6 is 11.3 Å². The maximum Gasteiger partial charge on any atom is 0.255 e. The summed E-state index contributed by atoms with van der Waals surface area (Å²) in [7, 11) is 0.